The maximum Gasteiger partial charge on any atom is 0.120 e. The van der Waals surface area contributed by atoms with E-state index >= 15 is 0 Å². The maximum atomic E-state index is 10.1. The van der Waals surface area contributed by atoms with Gasteiger partial charge < -0.3 is 15.5 Å². The third kappa shape index (κ3) is 4.76. The fraction of sp³-hybridized carbons (Fsp3) is 0.625. The Morgan fingerprint density at radius 2 is 1.95 bits per heavy atom. The van der Waals surface area contributed by atoms with Gasteiger partial charge in [-0.05, 0) is 36.5 Å². The average molecular weight is 344 g/mol. The quantitative estimate of drug-likeness (QED) is 0.731. The SMILES string of the molecule is CCC(NC(CCO)C(C)(C)C)c1cc(Br)ccc1O. The molecule has 1 aromatic carbocycles. The van der Waals surface area contributed by atoms with Gasteiger partial charge in [0, 0.05) is 28.7 Å². The molecule has 1 rings (SSSR count). The Labute approximate surface area is 130 Å². The van der Waals surface area contributed by atoms with Gasteiger partial charge in [-0.15, -0.1) is 0 Å². The monoisotopic (exact) mass is 343 g/mol. The van der Waals surface area contributed by atoms with Crippen LogP contribution in [0.15, 0.2) is 22.7 Å². The molecular formula is C16H26BrNO2. The molecule has 0 saturated heterocycles. The molecule has 0 bridgehead atoms. The van der Waals surface area contributed by atoms with Crippen molar-refractivity contribution in [3.8, 4) is 5.75 Å². The molecule has 1 aromatic rings. The van der Waals surface area contributed by atoms with Gasteiger partial charge in [0.15, 0.2) is 0 Å². The van der Waals surface area contributed by atoms with Crippen molar-refractivity contribution >= 4 is 15.9 Å². The zero-order chi connectivity index (χ0) is 15.3. The van der Waals surface area contributed by atoms with E-state index in [1.807, 2.05) is 12.1 Å². The minimum Gasteiger partial charge on any atom is -0.508 e. The van der Waals surface area contributed by atoms with Crippen LogP contribution in [0.5, 0.6) is 5.75 Å². The number of aliphatic hydroxyl groups is 1. The van der Waals surface area contributed by atoms with Crippen molar-refractivity contribution < 1.29 is 10.2 Å². The molecule has 0 radical (unpaired) electrons. The molecule has 3 nitrogen and oxygen atoms in total. The largest absolute Gasteiger partial charge is 0.508 e. The summed E-state index contributed by atoms with van der Waals surface area (Å²) >= 11 is 3.45. The van der Waals surface area contributed by atoms with E-state index in [1.54, 1.807) is 6.07 Å². The van der Waals surface area contributed by atoms with Crippen LogP contribution < -0.4 is 5.32 Å². The number of hydrogen-bond donors (Lipinski definition) is 3. The molecule has 0 spiro atoms. The van der Waals surface area contributed by atoms with Crippen molar-refractivity contribution in [1.29, 1.82) is 0 Å². The van der Waals surface area contributed by atoms with Gasteiger partial charge in [0.1, 0.15) is 5.75 Å². The second kappa shape index (κ2) is 7.43. The molecule has 2 atom stereocenters. The number of aromatic hydroxyl groups is 1. The number of rotatable bonds is 6. The summed E-state index contributed by atoms with van der Waals surface area (Å²) in [6.45, 7) is 8.74. The Hall–Kier alpha value is -0.580. The number of benzene rings is 1. The number of hydrogen-bond acceptors (Lipinski definition) is 3. The zero-order valence-corrected chi connectivity index (χ0v) is 14.4. The van der Waals surface area contributed by atoms with Gasteiger partial charge in [0.25, 0.3) is 0 Å². The highest BCUT2D eigenvalue weighted by molar-refractivity contribution is 9.10. The van der Waals surface area contributed by atoms with Crippen LogP contribution >= 0.6 is 15.9 Å². The minimum atomic E-state index is 0.0534. The molecule has 0 aliphatic carbocycles. The zero-order valence-electron chi connectivity index (χ0n) is 12.8. The molecule has 3 N–H and O–H groups in total. The lowest BCUT2D eigenvalue weighted by atomic mass is 9.84. The molecular weight excluding hydrogens is 318 g/mol. The van der Waals surface area contributed by atoms with Gasteiger partial charge in [0.2, 0.25) is 0 Å². The third-order valence-corrected chi connectivity index (χ3v) is 4.13. The Balaban J connectivity index is 2.97. The van der Waals surface area contributed by atoms with Gasteiger partial charge in [-0.1, -0.05) is 43.6 Å². The van der Waals surface area contributed by atoms with Crippen LogP contribution in [0.1, 0.15) is 52.1 Å². The van der Waals surface area contributed by atoms with Crippen LogP contribution in [-0.4, -0.2) is 22.9 Å². The number of nitrogens with one attached hydrogen (secondary N) is 1. The van der Waals surface area contributed by atoms with Crippen LogP contribution in [0, 0.1) is 5.41 Å². The first-order valence-corrected chi connectivity index (χ1v) is 7.94. The minimum absolute atomic E-state index is 0.0534. The molecule has 0 amide bonds. The summed E-state index contributed by atoms with van der Waals surface area (Å²) in [5.41, 5.74) is 0.951. The first-order chi connectivity index (χ1) is 9.29. The molecule has 4 heteroatoms. The van der Waals surface area contributed by atoms with E-state index in [-0.39, 0.29) is 24.1 Å². The van der Waals surface area contributed by atoms with Gasteiger partial charge >= 0.3 is 0 Å². The van der Waals surface area contributed by atoms with Crippen LogP contribution in [0.3, 0.4) is 0 Å². The third-order valence-electron chi connectivity index (χ3n) is 3.64. The Morgan fingerprint density at radius 3 is 2.45 bits per heavy atom. The summed E-state index contributed by atoms with van der Waals surface area (Å²) < 4.78 is 0.958. The van der Waals surface area contributed by atoms with Crippen LogP contribution in [0.4, 0.5) is 0 Å². The highest BCUT2D eigenvalue weighted by Gasteiger charge is 2.27. The molecule has 0 aliphatic heterocycles. The fourth-order valence-electron chi connectivity index (χ4n) is 2.37. The van der Waals surface area contributed by atoms with Crippen LogP contribution in [0.2, 0.25) is 0 Å². The number of aliphatic hydroxyl groups excluding tert-OH is 1. The van der Waals surface area contributed by atoms with Crippen molar-refractivity contribution in [1.82, 2.24) is 5.32 Å². The van der Waals surface area contributed by atoms with Crippen molar-refractivity contribution in [2.75, 3.05) is 6.61 Å². The Morgan fingerprint density at radius 1 is 1.30 bits per heavy atom. The maximum absolute atomic E-state index is 10.1. The van der Waals surface area contributed by atoms with E-state index in [4.69, 9.17) is 0 Å². The Kier molecular flexibility index (Phi) is 6.49. The second-order valence-corrected chi connectivity index (χ2v) is 7.18. The van der Waals surface area contributed by atoms with Crippen LogP contribution in [0.25, 0.3) is 0 Å². The first kappa shape index (κ1) is 17.5. The number of phenols is 1. The van der Waals surface area contributed by atoms with E-state index in [1.165, 1.54) is 0 Å². The lowest BCUT2D eigenvalue weighted by Crippen LogP contribution is -2.42. The average Bonchev–Trinajstić information content (AvgIpc) is 2.36. The molecule has 0 aromatic heterocycles. The van der Waals surface area contributed by atoms with E-state index < -0.39 is 0 Å². The highest BCUT2D eigenvalue weighted by atomic mass is 79.9. The molecule has 2 unspecified atom stereocenters. The van der Waals surface area contributed by atoms with Crippen molar-refractivity contribution in [3.63, 3.8) is 0 Å². The van der Waals surface area contributed by atoms with Crippen molar-refractivity contribution in [3.05, 3.63) is 28.2 Å². The molecule has 0 saturated carbocycles. The first-order valence-electron chi connectivity index (χ1n) is 7.15. The predicted molar refractivity (Wildman–Crippen MR) is 86.9 cm³/mol. The summed E-state index contributed by atoms with van der Waals surface area (Å²) in [6.07, 6.45) is 1.58. The smallest absolute Gasteiger partial charge is 0.120 e. The van der Waals surface area contributed by atoms with Gasteiger partial charge in [-0.3, -0.25) is 0 Å². The van der Waals surface area contributed by atoms with Crippen molar-refractivity contribution in [2.45, 2.75) is 52.6 Å². The summed E-state index contributed by atoms with van der Waals surface area (Å²) in [5.74, 6) is 0.309. The van der Waals surface area contributed by atoms with Crippen molar-refractivity contribution in [2.24, 2.45) is 5.41 Å². The Bertz CT molecular complexity index is 429. The summed E-state index contributed by atoms with van der Waals surface area (Å²) in [6, 6.07) is 5.76. The standard InChI is InChI=1S/C16H26BrNO2/c1-5-13(12-10-11(17)6-7-14(12)20)18-15(8-9-19)16(2,3)4/h6-7,10,13,15,18-20H,5,8-9H2,1-4H3. The lowest BCUT2D eigenvalue weighted by molar-refractivity contribution is 0.183. The summed E-state index contributed by atoms with van der Waals surface area (Å²) in [5, 5.41) is 22.9. The number of halogens is 1. The molecule has 0 aliphatic rings. The molecule has 114 valence electrons. The topological polar surface area (TPSA) is 52.5 Å². The van der Waals surface area contributed by atoms with Gasteiger partial charge in [-0.2, -0.15) is 0 Å². The summed E-state index contributed by atoms with van der Waals surface area (Å²) in [4.78, 5) is 0. The van der Waals surface area contributed by atoms with E-state index in [2.05, 4.69) is 48.9 Å². The van der Waals surface area contributed by atoms with E-state index in [0.29, 0.717) is 12.2 Å². The van der Waals surface area contributed by atoms with Gasteiger partial charge in [-0.25, -0.2) is 0 Å². The fourth-order valence-corrected chi connectivity index (χ4v) is 2.75. The number of phenolic OH excluding ortho intramolecular Hbond substituents is 1. The molecule has 0 fully saturated rings. The van der Waals surface area contributed by atoms with E-state index in [0.717, 1.165) is 16.5 Å². The van der Waals surface area contributed by atoms with Crippen LogP contribution in [-0.2, 0) is 0 Å². The second-order valence-electron chi connectivity index (χ2n) is 6.26. The van der Waals surface area contributed by atoms with E-state index in [9.17, 15) is 10.2 Å². The summed E-state index contributed by atoms with van der Waals surface area (Å²) in [7, 11) is 0. The lowest BCUT2D eigenvalue weighted by Gasteiger charge is -2.35. The molecule has 20 heavy (non-hydrogen) atoms. The van der Waals surface area contributed by atoms with Gasteiger partial charge in [0.05, 0.1) is 0 Å². The highest BCUT2D eigenvalue weighted by Crippen LogP contribution is 2.32. The predicted octanol–water partition coefficient (Wildman–Crippen LogP) is 3.99. The normalized spacial score (nSPS) is 15.1. The molecule has 0 heterocycles.